The van der Waals surface area contributed by atoms with Gasteiger partial charge in [-0.15, -0.1) is 15.7 Å². The maximum Gasteiger partial charge on any atom is 0.287 e. The summed E-state index contributed by atoms with van der Waals surface area (Å²) in [6.07, 6.45) is 4.48. The van der Waals surface area contributed by atoms with Gasteiger partial charge in [-0.25, -0.2) is 17.5 Å². The number of carbonyl (C=O) groups excluding carboxylic acids is 2. The molecular formula is C25H26ClFN4O6S3. The molecule has 2 bridgehead atoms. The minimum atomic E-state index is -4.35. The number of Topliss-reactive ketones (excluding diaryl/α,β-unsaturated/α-hetero) is 1. The largest absolute Gasteiger partial charge is 0.333 e. The van der Waals surface area contributed by atoms with E-state index in [-0.39, 0.29) is 63.1 Å². The summed E-state index contributed by atoms with van der Waals surface area (Å²) in [6, 6.07) is 3.89. The van der Waals surface area contributed by atoms with Crippen LogP contribution in [0.2, 0.25) is 5.02 Å². The number of nitrogens with one attached hydrogen (secondary N) is 2. The van der Waals surface area contributed by atoms with E-state index in [1.165, 1.54) is 17.5 Å². The lowest BCUT2D eigenvalue weighted by Crippen LogP contribution is -2.66. The second kappa shape index (κ2) is 9.86. The Balaban J connectivity index is 1.37. The molecule has 1 unspecified atom stereocenters. The van der Waals surface area contributed by atoms with E-state index < -0.39 is 43.6 Å². The molecule has 1 amide bonds. The zero-order chi connectivity index (χ0) is 28.6. The molecular weight excluding hydrogens is 603 g/mol. The molecule has 3 atom stereocenters. The van der Waals surface area contributed by atoms with Gasteiger partial charge in [0.2, 0.25) is 15.9 Å². The average Bonchev–Trinajstić information content (AvgIpc) is 3.31. The van der Waals surface area contributed by atoms with Crippen molar-refractivity contribution in [3.63, 3.8) is 0 Å². The first kappa shape index (κ1) is 27.8. The van der Waals surface area contributed by atoms with Gasteiger partial charge in [-0.1, -0.05) is 17.7 Å². The van der Waals surface area contributed by atoms with Gasteiger partial charge >= 0.3 is 0 Å². The fourth-order valence-corrected chi connectivity index (χ4v) is 9.95. The second-order valence-corrected chi connectivity index (χ2v) is 15.5. The quantitative estimate of drug-likeness (QED) is 0.468. The van der Waals surface area contributed by atoms with Crippen LogP contribution in [-0.4, -0.2) is 51.6 Å². The van der Waals surface area contributed by atoms with Crippen molar-refractivity contribution in [2.75, 3.05) is 11.6 Å². The Labute approximate surface area is 240 Å². The van der Waals surface area contributed by atoms with E-state index >= 15 is 0 Å². The lowest BCUT2D eigenvalue weighted by molar-refractivity contribution is -0.162. The predicted molar refractivity (Wildman–Crippen MR) is 147 cm³/mol. The van der Waals surface area contributed by atoms with Crippen LogP contribution in [0, 0.1) is 29.5 Å². The molecule has 40 heavy (non-hydrogen) atoms. The van der Waals surface area contributed by atoms with E-state index in [2.05, 4.69) is 14.4 Å². The van der Waals surface area contributed by atoms with Gasteiger partial charge in [0, 0.05) is 30.6 Å². The van der Waals surface area contributed by atoms with Crippen LogP contribution >= 0.6 is 22.9 Å². The fraction of sp³-hybridized carbons (Fsp3) is 0.480. The number of carbonyl (C=O) groups is 2. The van der Waals surface area contributed by atoms with Crippen molar-refractivity contribution in [3.8, 4) is 0 Å². The molecule has 4 fully saturated rings. The first-order valence-electron chi connectivity index (χ1n) is 12.8. The predicted octanol–water partition coefficient (Wildman–Crippen LogP) is 3.14. The van der Waals surface area contributed by atoms with Crippen LogP contribution in [0.1, 0.15) is 36.8 Å². The second-order valence-electron chi connectivity index (χ2n) is 10.8. The molecule has 1 aromatic carbocycles. The van der Waals surface area contributed by atoms with Crippen LogP contribution in [0.3, 0.4) is 0 Å². The number of nitrogens with zero attached hydrogens (tertiary/aromatic N) is 2. The van der Waals surface area contributed by atoms with Crippen LogP contribution in [-0.2, 0) is 42.7 Å². The Hall–Kier alpha value is -2.39. The van der Waals surface area contributed by atoms with Crippen molar-refractivity contribution in [1.82, 2.24) is 9.62 Å². The third-order valence-corrected chi connectivity index (χ3v) is 11.8. The maximum absolute atomic E-state index is 14.1. The molecule has 214 valence electrons. The van der Waals surface area contributed by atoms with Gasteiger partial charge in [-0.3, -0.25) is 9.59 Å². The summed E-state index contributed by atoms with van der Waals surface area (Å²) in [5.41, 5.74) is 0.810. The summed E-state index contributed by atoms with van der Waals surface area (Å²) in [5.74, 6) is -3.42. The van der Waals surface area contributed by atoms with Crippen molar-refractivity contribution in [2.24, 2.45) is 28.1 Å². The lowest BCUT2D eigenvalue weighted by Gasteiger charge is -2.55. The number of benzene rings is 1. The number of hydrogen-bond acceptors (Lipinski definition) is 8. The number of fused-ring (bicyclic) bond motifs is 3. The minimum absolute atomic E-state index is 0.0733. The van der Waals surface area contributed by atoms with Gasteiger partial charge in [-0.05, 0) is 60.6 Å². The van der Waals surface area contributed by atoms with E-state index in [1.807, 2.05) is 0 Å². The van der Waals surface area contributed by atoms with E-state index in [0.29, 0.717) is 5.56 Å². The molecule has 3 saturated carbocycles. The number of rotatable bonds is 6. The third kappa shape index (κ3) is 4.77. The highest BCUT2D eigenvalue weighted by Crippen LogP contribution is 2.51. The van der Waals surface area contributed by atoms with Crippen molar-refractivity contribution in [2.45, 2.75) is 49.7 Å². The number of amides is 1. The van der Waals surface area contributed by atoms with Crippen molar-refractivity contribution in [3.05, 3.63) is 45.5 Å². The maximum atomic E-state index is 14.1. The van der Waals surface area contributed by atoms with Gasteiger partial charge < -0.3 is 10.2 Å². The van der Waals surface area contributed by atoms with Gasteiger partial charge in [0.05, 0.1) is 11.3 Å². The highest BCUT2D eigenvalue weighted by atomic mass is 35.5. The fourth-order valence-electron chi connectivity index (χ4n) is 6.69. The molecule has 2 N–H and O–H groups in total. The summed E-state index contributed by atoms with van der Waals surface area (Å²) in [6.45, 7) is -0.156. The molecule has 10 nitrogen and oxygen atoms in total. The molecule has 1 aromatic heterocycles. The monoisotopic (exact) mass is 628 g/mol. The van der Waals surface area contributed by atoms with E-state index in [1.54, 1.807) is 11.0 Å². The number of amidine groups is 1. The van der Waals surface area contributed by atoms with Gasteiger partial charge in [0.15, 0.2) is 11.7 Å². The number of halogens is 2. The molecule has 1 saturated heterocycles. The van der Waals surface area contributed by atoms with Crippen LogP contribution in [0.15, 0.2) is 32.9 Å². The molecule has 15 heteroatoms. The Morgan fingerprint density at radius 3 is 2.58 bits per heavy atom. The van der Waals surface area contributed by atoms with Crippen molar-refractivity contribution in [1.29, 1.82) is 0 Å². The minimum Gasteiger partial charge on any atom is -0.333 e. The number of piperidine rings is 1. The first-order chi connectivity index (χ1) is 18.8. The normalized spacial score (nSPS) is 29.0. The molecule has 3 aliphatic carbocycles. The molecule has 0 radical (unpaired) electrons. The Morgan fingerprint density at radius 2 is 1.90 bits per heavy atom. The van der Waals surface area contributed by atoms with Gasteiger partial charge in [-0.2, -0.15) is 8.42 Å². The SMILES string of the molecule is CS(=O)(=O)NCc1csc2c1S(=O)(=O)N=C(C1C(=O)[C@@H]3C4CCC(CC4)[C@@H]3N(Cc3ccc(F)c(Cl)c3)C1=O)N2. The van der Waals surface area contributed by atoms with Crippen molar-refractivity contribution < 1.29 is 30.8 Å². The molecule has 2 aromatic rings. The molecule has 5 aliphatic rings. The molecule has 7 rings (SSSR count). The average molecular weight is 629 g/mol. The van der Waals surface area contributed by atoms with Gasteiger partial charge in [0.1, 0.15) is 21.5 Å². The van der Waals surface area contributed by atoms with Gasteiger partial charge in [0.25, 0.3) is 10.0 Å². The number of thiophene rings is 1. The number of hydrogen-bond donors (Lipinski definition) is 2. The topological polar surface area (TPSA) is 142 Å². The summed E-state index contributed by atoms with van der Waals surface area (Å²) in [7, 11) is -7.93. The summed E-state index contributed by atoms with van der Waals surface area (Å²) in [4.78, 5) is 29.5. The molecule has 2 aliphatic heterocycles. The van der Waals surface area contributed by atoms with Crippen LogP contribution in [0.25, 0.3) is 0 Å². The Bertz CT molecular complexity index is 1670. The molecule has 3 heterocycles. The van der Waals surface area contributed by atoms with Crippen LogP contribution in [0.4, 0.5) is 9.39 Å². The number of sulfonamides is 2. The number of likely N-dealkylation sites (tertiary alicyclic amines) is 1. The highest BCUT2D eigenvalue weighted by Gasteiger charge is 2.58. The summed E-state index contributed by atoms with van der Waals surface area (Å²) >= 11 is 7.03. The van der Waals surface area contributed by atoms with E-state index in [9.17, 15) is 30.8 Å². The number of ketones is 1. The first-order valence-corrected chi connectivity index (χ1v) is 17.4. The Kier molecular flexibility index (Phi) is 6.85. The van der Waals surface area contributed by atoms with Crippen LogP contribution < -0.4 is 10.0 Å². The third-order valence-electron chi connectivity index (χ3n) is 8.35. The smallest absolute Gasteiger partial charge is 0.287 e. The molecule has 0 spiro atoms. The van der Waals surface area contributed by atoms with Crippen molar-refractivity contribution >= 4 is 65.5 Å². The number of anilines is 1. The zero-order valence-electron chi connectivity index (χ0n) is 21.3. The Morgan fingerprint density at radius 1 is 1.20 bits per heavy atom. The van der Waals surface area contributed by atoms with E-state index in [0.717, 1.165) is 43.3 Å². The standard InChI is InChI=1S/C25H26ClFN4O6S3/c1-39(34,35)28-9-15-11-38-24-22(15)40(36,37)30-23(29-24)19-21(32)18-13-3-5-14(6-4-13)20(18)31(25(19)33)10-12-2-7-17(27)16(26)8-12/h2,7-8,11,13-14,18-20,28H,3-6,9-10H2,1H3,(H,29,30)/t13?,14?,18-,19?,20+/m1/s1. The zero-order valence-corrected chi connectivity index (χ0v) is 24.5. The summed E-state index contributed by atoms with van der Waals surface area (Å²) in [5, 5.41) is 4.50. The summed E-state index contributed by atoms with van der Waals surface area (Å²) < 4.78 is 69.7. The van der Waals surface area contributed by atoms with E-state index in [4.69, 9.17) is 11.6 Å². The lowest BCUT2D eigenvalue weighted by atomic mass is 9.57. The van der Waals surface area contributed by atoms with Crippen LogP contribution in [0.5, 0.6) is 0 Å². The highest BCUT2D eigenvalue weighted by molar-refractivity contribution is 7.91.